The van der Waals surface area contributed by atoms with Crippen LogP contribution >= 0.6 is 0 Å². The van der Waals surface area contributed by atoms with Crippen LogP contribution in [0.4, 0.5) is 22.9 Å². The van der Waals surface area contributed by atoms with Crippen LogP contribution < -0.4 is 29.9 Å². The fraction of sp³-hybridized carbons (Fsp3) is 0.318. The molecule has 2 bridgehead atoms. The van der Waals surface area contributed by atoms with Crippen molar-refractivity contribution in [3.63, 3.8) is 0 Å². The average molecular weight is 689 g/mol. The molecular weight excluding hydrogens is 645 g/mol. The Balaban J connectivity index is 1.15. The quantitative estimate of drug-likeness (QED) is 0.165. The van der Waals surface area contributed by atoms with Crippen LogP contribution in [0.15, 0.2) is 97.2 Å². The number of nitrogens with one attached hydrogen (secondary N) is 2. The van der Waals surface area contributed by atoms with Gasteiger partial charge in [-0.05, 0) is 84.3 Å². The molecule has 0 saturated carbocycles. The molecule has 11 rings (SSSR count). The number of ether oxygens (including phenoxy) is 2. The van der Waals surface area contributed by atoms with Gasteiger partial charge in [-0.1, -0.05) is 48.5 Å². The van der Waals surface area contributed by atoms with E-state index in [-0.39, 0.29) is 23.9 Å². The Hall–Kier alpha value is -5.50. The summed E-state index contributed by atoms with van der Waals surface area (Å²) in [6.07, 6.45) is 6.82. The number of benzene rings is 4. The maximum atomic E-state index is 5.61. The molecule has 2 aliphatic heterocycles. The van der Waals surface area contributed by atoms with E-state index >= 15 is 0 Å². The van der Waals surface area contributed by atoms with Crippen LogP contribution in [-0.2, 0) is 0 Å². The molecule has 0 amide bonds. The molecule has 6 aromatic rings. The van der Waals surface area contributed by atoms with Gasteiger partial charge in [-0.15, -0.1) is 0 Å². The Kier molecular flexibility index (Phi) is 7.58. The fourth-order valence-electron chi connectivity index (χ4n) is 9.61. The highest BCUT2D eigenvalue weighted by Gasteiger charge is 2.50. The van der Waals surface area contributed by atoms with Gasteiger partial charge in [0.15, 0.2) is 5.82 Å². The molecule has 2 saturated heterocycles. The van der Waals surface area contributed by atoms with Gasteiger partial charge < -0.3 is 29.9 Å². The largest absolute Gasteiger partial charge is 0.497 e. The Morgan fingerprint density at radius 1 is 0.615 bits per heavy atom. The zero-order valence-corrected chi connectivity index (χ0v) is 29.8. The monoisotopic (exact) mass is 688 g/mol. The van der Waals surface area contributed by atoms with E-state index in [1.165, 1.54) is 59.3 Å². The highest BCUT2D eigenvalue weighted by atomic mass is 16.5. The van der Waals surface area contributed by atoms with Crippen molar-refractivity contribution in [2.75, 3.05) is 60.8 Å². The summed E-state index contributed by atoms with van der Waals surface area (Å²) in [5.41, 5.74) is 11.0. The molecule has 2 fully saturated rings. The molecular formula is C44H44N6O2. The first kappa shape index (κ1) is 31.3. The normalized spacial score (nSPS) is 21.7. The highest BCUT2D eigenvalue weighted by Crippen LogP contribution is 2.55. The molecule has 2 atom stereocenters. The molecule has 8 nitrogen and oxygen atoms in total. The molecule has 2 N–H and O–H groups in total. The molecule has 8 heteroatoms. The van der Waals surface area contributed by atoms with Gasteiger partial charge in [-0.3, -0.25) is 4.98 Å². The van der Waals surface area contributed by atoms with Gasteiger partial charge in [0.05, 0.1) is 60.6 Å². The average Bonchev–Trinajstić information content (AvgIpc) is 3.94. The molecule has 1 unspecified atom stereocenters. The lowest BCUT2D eigenvalue weighted by Crippen LogP contribution is -2.54. The van der Waals surface area contributed by atoms with E-state index in [4.69, 9.17) is 19.4 Å². The van der Waals surface area contributed by atoms with Gasteiger partial charge in [0.1, 0.15) is 11.5 Å². The lowest BCUT2D eigenvalue weighted by atomic mass is 9.59. The van der Waals surface area contributed by atoms with Crippen molar-refractivity contribution in [1.29, 1.82) is 0 Å². The van der Waals surface area contributed by atoms with Gasteiger partial charge in [-0.25, -0.2) is 4.98 Å². The standard InChI is InChI=1S/C44H44N6O2/c1-51-28-16-18-35-27(23-28)24-38(49-19-7-8-20-49)44(47-35)48-42-40-32-13-5-3-11-30(32)39(31-12-4-6-14-33(31)40)41(42)46-37-26-45-36-25-29(52-2)15-17-34(36)43(37)50-21-9-10-22-50/h3-6,11-18,23-26,39-42,46H,7-10,19-22H2,1-2H3,(H,47,48)/t39?,40?,41-,42?/m1/s1. The number of aromatic nitrogens is 2. The van der Waals surface area contributed by atoms with E-state index in [0.717, 1.165) is 71.0 Å². The maximum Gasteiger partial charge on any atom is 0.150 e. The third-order valence-corrected chi connectivity index (χ3v) is 12.0. The first-order valence-corrected chi connectivity index (χ1v) is 18.8. The third kappa shape index (κ3) is 5.02. The van der Waals surface area contributed by atoms with E-state index in [1.807, 2.05) is 6.07 Å². The first-order valence-electron chi connectivity index (χ1n) is 18.8. The summed E-state index contributed by atoms with van der Waals surface area (Å²) in [5, 5.41) is 10.6. The molecule has 2 aromatic heterocycles. The fourth-order valence-corrected chi connectivity index (χ4v) is 9.61. The second kappa shape index (κ2) is 12.6. The predicted molar refractivity (Wildman–Crippen MR) is 211 cm³/mol. The Morgan fingerprint density at radius 3 is 1.83 bits per heavy atom. The van der Waals surface area contributed by atoms with Crippen molar-refractivity contribution < 1.29 is 9.47 Å². The van der Waals surface area contributed by atoms with Crippen LogP contribution in [0, 0.1) is 0 Å². The van der Waals surface area contributed by atoms with E-state index in [2.05, 4.69) is 112 Å². The van der Waals surface area contributed by atoms with Crippen LogP contribution in [0.3, 0.4) is 0 Å². The lowest BCUT2D eigenvalue weighted by molar-refractivity contribution is 0.415. The van der Waals surface area contributed by atoms with E-state index < -0.39 is 0 Å². The van der Waals surface area contributed by atoms with E-state index in [9.17, 15) is 0 Å². The van der Waals surface area contributed by atoms with Crippen molar-refractivity contribution in [2.45, 2.75) is 49.6 Å². The lowest BCUT2D eigenvalue weighted by Gasteiger charge is -2.51. The number of rotatable bonds is 8. The molecule has 5 aliphatic rings. The van der Waals surface area contributed by atoms with Crippen molar-refractivity contribution >= 4 is 44.7 Å². The van der Waals surface area contributed by atoms with Gasteiger partial charge in [0.2, 0.25) is 0 Å². The number of pyridine rings is 2. The highest BCUT2D eigenvalue weighted by molar-refractivity contribution is 5.99. The molecule has 4 aromatic carbocycles. The van der Waals surface area contributed by atoms with Crippen molar-refractivity contribution in [1.82, 2.24) is 9.97 Å². The SMILES string of the molecule is COc1ccc2nc(NC3C4c5ccccc5C(c5ccccc54)[C@H]3Nc3cnc4cc(OC)ccc4c3N3CCCC3)c(N3CCCC3)cc2c1. The van der Waals surface area contributed by atoms with Gasteiger partial charge in [0, 0.05) is 54.9 Å². The predicted octanol–water partition coefficient (Wildman–Crippen LogP) is 8.55. The summed E-state index contributed by atoms with van der Waals surface area (Å²) < 4.78 is 11.2. The first-order chi connectivity index (χ1) is 25.7. The van der Waals surface area contributed by atoms with Crippen molar-refractivity contribution in [3.05, 3.63) is 119 Å². The number of hydrogen-bond donors (Lipinski definition) is 2. The van der Waals surface area contributed by atoms with Crippen molar-refractivity contribution in [2.24, 2.45) is 0 Å². The molecule has 0 radical (unpaired) electrons. The summed E-state index contributed by atoms with van der Waals surface area (Å²) in [6.45, 7) is 4.13. The molecule has 52 heavy (non-hydrogen) atoms. The second-order valence-corrected chi connectivity index (χ2v) is 14.8. The maximum absolute atomic E-state index is 5.61. The number of methoxy groups -OCH3 is 2. The van der Waals surface area contributed by atoms with E-state index in [1.54, 1.807) is 14.2 Å². The number of anilines is 4. The van der Waals surface area contributed by atoms with Crippen LogP contribution in [0.1, 0.15) is 59.8 Å². The Bertz CT molecular complexity index is 2200. The summed E-state index contributed by atoms with van der Waals surface area (Å²) in [4.78, 5) is 15.5. The Morgan fingerprint density at radius 2 is 1.19 bits per heavy atom. The van der Waals surface area contributed by atoms with Crippen LogP contribution in [0.5, 0.6) is 11.5 Å². The number of nitrogens with zero attached hydrogens (tertiary/aromatic N) is 4. The van der Waals surface area contributed by atoms with Gasteiger partial charge >= 0.3 is 0 Å². The zero-order valence-electron chi connectivity index (χ0n) is 29.8. The summed E-state index contributed by atoms with van der Waals surface area (Å²) in [7, 11) is 3.44. The van der Waals surface area contributed by atoms with E-state index in [0.29, 0.717) is 0 Å². The minimum absolute atomic E-state index is 0.0114. The van der Waals surface area contributed by atoms with Crippen LogP contribution in [-0.4, -0.2) is 62.5 Å². The van der Waals surface area contributed by atoms with Crippen LogP contribution in [0.25, 0.3) is 21.8 Å². The summed E-state index contributed by atoms with van der Waals surface area (Å²) in [6, 6.07) is 33.0. The third-order valence-electron chi connectivity index (χ3n) is 12.0. The van der Waals surface area contributed by atoms with Crippen molar-refractivity contribution in [3.8, 4) is 11.5 Å². The zero-order chi connectivity index (χ0) is 34.8. The molecule has 3 aliphatic carbocycles. The van der Waals surface area contributed by atoms with Crippen LogP contribution in [0.2, 0.25) is 0 Å². The smallest absolute Gasteiger partial charge is 0.150 e. The summed E-state index contributed by atoms with van der Waals surface area (Å²) in [5.74, 6) is 2.88. The Labute approximate surface area is 304 Å². The number of hydrogen-bond acceptors (Lipinski definition) is 8. The minimum Gasteiger partial charge on any atom is -0.497 e. The second-order valence-electron chi connectivity index (χ2n) is 14.8. The van der Waals surface area contributed by atoms with Gasteiger partial charge in [0.25, 0.3) is 0 Å². The minimum atomic E-state index is 0.0114. The summed E-state index contributed by atoms with van der Waals surface area (Å²) >= 11 is 0. The molecule has 4 heterocycles. The topological polar surface area (TPSA) is 74.8 Å². The molecule has 262 valence electrons. The van der Waals surface area contributed by atoms with Gasteiger partial charge in [-0.2, -0.15) is 0 Å². The molecule has 0 spiro atoms. The number of fused-ring (bicyclic) bond motifs is 3.